The van der Waals surface area contributed by atoms with E-state index in [-0.39, 0.29) is 18.4 Å². The normalized spacial score (nSPS) is 12.8. The molecule has 0 saturated carbocycles. The van der Waals surface area contributed by atoms with Gasteiger partial charge in [-0.3, -0.25) is 0 Å². The number of aryl methyl sites for hydroxylation is 1. The fourth-order valence-electron chi connectivity index (χ4n) is 3.86. The minimum absolute atomic E-state index is 0. The highest BCUT2D eigenvalue weighted by Gasteiger charge is 2.38. The zero-order chi connectivity index (χ0) is 22.7. The first-order valence-electron chi connectivity index (χ1n) is 11.3. The summed E-state index contributed by atoms with van der Waals surface area (Å²) in [5.41, 5.74) is 1.23. The molecular weight excluding hydrogens is 424 g/mol. The molecule has 0 aliphatic rings. The van der Waals surface area contributed by atoms with E-state index >= 15 is 0 Å². The van der Waals surface area contributed by atoms with Gasteiger partial charge in [-0.2, -0.15) is 0 Å². The summed E-state index contributed by atoms with van der Waals surface area (Å²) in [5, 5.41) is 0. The highest BCUT2D eigenvalue weighted by atomic mass is 35.5. The lowest BCUT2D eigenvalue weighted by Crippen LogP contribution is -3.08. The van der Waals surface area contributed by atoms with Crippen molar-refractivity contribution in [1.29, 1.82) is 0 Å². The van der Waals surface area contributed by atoms with E-state index in [1.165, 1.54) is 10.5 Å². The number of likely N-dealkylation sites (N-methyl/N-ethyl adjacent to an activating group) is 2. The molecule has 32 heavy (non-hydrogen) atoms. The largest absolute Gasteiger partial charge is 1.00 e. The summed E-state index contributed by atoms with van der Waals surface area (Å²) < 4.78 is 12.0. The maximum atomic E-state index is 13.1. The first-order chi connectivity index (χ1) is 14.8. The van der Waals surface area contributed by atoms with E-state index in [9.17, 15) is 4.79 Å². The standard InChI is InChI=1S/C26H38N2O3.ClH/c1-6-7-19-30-24-15-13-23(14-16-24)25(29)31-26(20-27(2)3,21-28(4)5)18-17-22-11-9-8-10-12-22;/h8-16H,6-7,17-21H2,1-5H3;1H. The number of carbonyl (C=O) groups excluding carboxylic acids is 1. The van der Waals surface area contributed by atoms with Crippen molar-refractivity contribution in [3.8, 4) is 5.75 Å². The third kappa shape index (κ3) is 9.60. The van der Waals surface area contributed by atoms with Gasteiger partial charge in [-0.25, -0.2) is 4.79 Å². The molecule has 0 fully saturated rings. The molecule has 2 rings (SSSR count). The molecule has 5 nitrogen and oxygen atoms in total. The van der Waals surface area contributed by atoms with Crippen molar-refractivity contribution >= 4 is 5.97 Å². The topological polar surface area (TPSA) is 43.2 Å². The van der Waals surface area contributed by atoms with Gasteiger partial charge in [0, 0.05) is 6.54 Å². The van der Waals surface area contributed by atoms with Gasteiger partial charge in [-0.15, -0.1) is 0 Å². The van der Waals surface area contributed by atoms with E-state index < -0.39 is 5.60 Å². The number of carbonyl (C=O) groups is 1. The second-order valence-electron chi connectivity index (χ2n) is 8.91. The summed E-state index contributed by atoms with van der Waals surface area (Å²) in [7, 11) is 8.25. The van der Waals surface area contributed by atoms with Crippen LogP contribution in [0, 0.1) is 0 Å². The Morgan fingerprint density at radius 2 is 1.69 bits per heavy atom. The van der Waals surface area contributed by atoms with Crippen molar-refractivity contribution in [3.05, 3.63) is 65.7 Å². The average molecular weight is 463 g/mol. The number of hydrogen-bond donors (Lipinski definition) is 1. The van der Waals surface area contributed by atoms with Crippen LogP contribution in [0.1, 0.15) is 42.1 Å². The lowest BCUT2D eigenvalue weighted by atomic mass is 9.93. The average Bonchev–Trinajstić information content (AvgIpc) is 2.73. The maximum Gasteiger partial charge on any atom is 0.338 e. The molecule has 2 aromatic carbocycles. The molecule has 1 unspecified atom stereocenters. The molecule has 0 aromatic heterocycles. The minimum atomic E-state index is -0.578. The molecule has 0 aliphatic heterocycles. The third-order valence-electron chi connectivity index (χ3n) is 5.16. The van der Waals surface area contributed by atoms with Gasteiger partial charge < -0.3 is 31.7 Å². The van der Waals surface area contributed by atoms with Gasteiger partial charge in [0.2, 0.25) is 0 Å². The van der Waals surface area contributed by atoms with E-state index in [4.69, 9.17) is 9.47 Å². The number of benzene rings is 2. The SMILES string of the molecule is CCCCOc1ccc(C(=O)OC(CCc2ccccc2)(CN(C)C)C[NH+](C)C)cc1.[Cl-]. The van der Waals surface area contributed by atoms with Crippen molar-refractivity contribution < 1.29 is 31.6 Å². The van der Waals surface area contributed by atoms with Crippen molar-refractivity contribution in [2.24, 2.45) is 0 Å². The van der Waals surface area contributed by atoms with Gasteiger partial charge in [-0.05, 0) is 63.2 Å². The summed E-state index contributed by atoms with van der Waals surface area (Å²) in [6.45, 7) is 4.24. The number of nitrogens with zero attached hydrogens (tertiary/aromatic N) is 1. The van der Waals surface area contributed by atoms with Crippen molar-refractivity contribution in [1.82, 2.24) is 4.90 Å². The van der Waals surface area contributed by atoms with Crippen molar-refractivity contribution in [2.75, 3.05) is 47.9 Å². The number of rotatable bonds is 13. The number of esters is 1. The van der Waals surface area contributed by atoms with Crippen LogP contribution in [0.15, 0.2) is 54.6 Å². The number of ether oxygens (including phenoxy) is 2. The molecule has 178 valence electrons. The number of unbranched alkanes of at least 4 members (excludes halogenated alkanes) is 1. The van der Waals surface area contributed by atoms with Crippen LogP contribution in [-0.2, 0) is 11.2 Å². The summed E-state index contributed by atoms with van der Waals surface area (Å²) in [4.78, 5) is 16.5. The summed E-state index contributed by atoms with van der Waals surface area (Å²) in [5.74, 6) is 0.502. The van der Waals surface area contributed by atoms with Crippen molar-refractivity contribution in [3.63, 3.8) is 0 Å². The van der Waals surface area contributed by atoms with Crippen LogP contribution in [0.25, 0.3) is 0 Å². The van der Waals surface area contributed by atoms with Gasteiger partial charge in [0.15, 0.2) is 5.60 Å². The molecule has 6 heteroatoms. The Morgan fingerprint density at radius 1 is 1.03 bits per heavy atom. The Bertz CT molecular complexity index is 769. The van der Waals surface area contributed by atoms with Crippen LogP contribution in [0.3, 0.4) is 0 Å². The van der Waals surface area contributed by atoms with Crippen LogP contribution in [0.4, 0.5) is 0 Å². The monoisotopic (exact) mass is 462 g/mol. The predicted molar refractivity (Wildman–Crippen MR) is 126 cm³/mol. The first kappa shape index (κ1) is 28.0. The summed E-state index contributed by atoms with van der Waals surface area (Å²) in [6.07, 6.45) is 3.74. The molecule has 0 saturated heterocycles. The second kappa shape index (κ2) is 14.1. The molecule has 0 amide bonds. The van der Waals surface area contributed by atoms with Gasteiger partial charge >= 0.3 is 5.97 Å². The van der Waals surface area contributed by atoms with E-state index in [1.54, 1.807) is 12.1 Å². The third-order valence-corrected chi connectivity index (χ3v) is 5.16. The van der Waals surface area contributed by atoms with E-state index in [0.29, 0.717) is 18.7 Å². The lowest BCUT2D eigenvalue weighted by Gasteiger charge is -2.36. The first-order valence-corrected chi connectivity index (χ1v) is 11.3. The summed E-state index contributed by atoms with van der Waals surface area (Å²) in [6, 6.07) is 17.7. The van der Waals surface area contributed by atoms with E-state index in [0.717, 1.165) is 38.0 Å². The molecule has 1 N–H and O–H groups in total. The molecular formula is C26H39ClN2O3. The van der Waals surface area contributed by atoms with Crippen LogP contribution >= 0.6 is 0 Å². The number of hydrogen-bond acceptors (Lipinski definition) is 4. The van der Waals surface area contributed by atoms with Gasteiger partial charge in [-0.1, -0.05) is 43.7 Å². The summed E-state index contributed by atoms with van der Waals surface area (Å²) >= 11 is 0. The Labute approximate surface area is 200 Å². The smallest absolute Gasteiger partial charge is 0.338 e. The van der Waals surface area contributed by atoms with E-state index in [1.807, 2.05) is 32.3 Å². The zero-order valence-electron chi connectivity index (χ0n) is 20.2. The Morgan fingerprint density at radius 3 is 2.25 bits per heavy atom. The van der Waals surface area contributed by atoms with Crippen LogP contribution in [0.5, 0.6) is 5.75 Å². The Kier molecular flexibility index (Phi) is 12.4. The van der Waals surface area contributed by atoms with Crippen LogP contribution < -0.4 is 22.0 Å². The maximum absolute atomic E-state index is 13.1. The molecule has 0 aliphatic carbocycles. The van der Waals surface area contributed by atoms with E-state index in [2.05, 4.69) is 50.2 Å². The molecule has 1 atom stereocenters. The zero-order valence-corrected chi connectivity index (χ0v) is 21.0. The number of halogens is 1. The van der Waals surface area contributed by atoms with Crippen molar-refractivity contribution in [2.45, 2.75) is 38.2 Å². The second-order valence-corrected chi connectivity index (χ2v) is 8.91. The lowest BCUT2D eigenvalue weighted by molar-refractivity contribution is -0.865. The fraction of sp³-hybridized carbons (Fsp3) is 0.500. The molecule has 0 spiro atoms. The number of quaternary nitrogens is 1. The Hall–Kier alpha value is -2.08. The Balaban J connectivity index is 0.00000512. The molecule has 2 aromatic rings. The van der Waals surface area contributed by atoms with Crippen LogP contribution in [-0.4, -0.2) is 64.4 Å². The van der Waals surface area contributed by atoms with Crippen LogP contribution in [0.2, 0.25) is 0 Å². The molecule has 0 bridgehead atoms. The predicted octanol–water partition coefficient (Wildman–Crippen LogP) is 0.104. The highest BCUT2D eigenvalue weighted by molar-refractivity contribution is 5.89. The highest BCUT2D eigenvalue weighted by Crippen LogP contribution is 2.22. The quantitative estimate of drug-likeness (QED) is 0.339. The minimum Gasteiger partial charge on any atom is -1.00 e. The van der Waals surface area contributed by atoms with Gasteiger partial charge in [0.25, 0.3) is 0 Å². The number of nitrogens with one attached hydrogen (secondary N) is 1. The molecule has 0 radical (unpaired) electrons. The molecule has 0 heterocycles. The van der Waals surface area contributed by atoms with Gasteiger partial charge in [0.1, 0.15) is 12.3 Å². The van der Waals surface area contributed by atoms with Gasteiger partial charge in [0.05, 0.1) is 26.3 Å². The fourth-order valence-corrected chi connectivity index (χ4v) is 3.86.